The summed E-state index contributed by atoms with van der Waals surface area (Å²) in [5.74, 6) is -1.35. The second kappa shape index (κ2) is 11.5. The molecule has 0 spiro atoms. The highest BCUT2D eigenvalue weighted by Crippen LogP contribution is 2.44. The van der Waals surface area contributed by atoms with Crippen LogP contribution in [0.3, 0.4) is 0 Å². The van der Waals surface area contributed by atoms with Crippen LogP contribution in [0.15, 0.2) is 76.8 Å². The molecule has 224 valence electrons. The quantitative estimate of drug-likeness (QED) is 0.0666. The van der Waals surface area contributed by atoms with Gasteiger partial charge in [0.1, 0.15) is 11.3 Å². The van der Waals surface area contributed by atoms with Gasteiger partial charge in [0.2, 0.25) is 5.13 Å². The summed E-state index contributed by atoms with van der Waals surface area (Å²) in [5.41, 5.74) is 5.06. The summed E-state index contributed by atoms with van der Waals surface area (Å²) < 4.78 is 2.48. The summed E-state index contributed by atoms with van der Waals surface area (Å²) in [6.07, 6.45) is 1.85. The Morgan fingerprint density at radius 3 is 2.43 bits per heavy atom. The summed E-state index contributed by atoms with van der Waals surface area (Å²) >= 11 is 8.99. The van der Waals surface area contributed by atoms with Gasteiger partial charge in [-0.05, 0) is 53.6 Å². The first-order valence-electron chi connectivity index (χ1n) is 14.0. The number of thioether (sulfide) groups is 1. The van der Waals surface area contributed by atoms with E-state index in [2.05, 4.69) is 36.0 Å². The number of Topliss-reactive ketones (excluding diaryl/α,β-unsaturated/α-hetero) is 1. The van der Waals surface area contributed by atoms with Crippen molar-refractivity contribution in [1.82, 2.24) is 19.6 Å². The van der Waals surface area contributed by atoms with Gasteiger partial charge in [0.15, 0.2) is 10.1 Å². The van der Waals surface area contributed by atoms with Crippen LogP contribution in [0.4, 0.5) is 5.13 Å². The van der Waals surface area contributed by atoms with E-state index in [1.165, 1.54) is 28.0 Å². The molecule has 4 heterocycles. The average Bonchev–Trinajstić information content (AvgIpc) is 3.67. The number of nitrogens with zero attached hydrogens (tertiary/aromatic N) is 5. The third-order valence-corrected chi connectivity index (χ3v) is 10.2. The van der Waals surface area contributed by atoms with Crippen molar-refractivity contribution < 1.29 is 14.7 Å². The van der Waals surface area contributed by atoms with Gasteiger partial charge in [-0.2, -0.15) is 0 Å². The Morgan fingerprint density at radius 1 is 1.02 bits per heavy atom. The smallest absolute Gasteiger partial charge is 0.301 e. The first-order valence-corrected chi connectivity index (χ1v) is 16.2. The number of carbonyl (C=O) groups is 2. The molecule has 1 atom stereocenters. The molecule has 0 bridgehead atoms. The number of halogens is 1. The molecule has 1 fully saturated rings. The zero-order valence-electron chi connectivity index (χ0n) is 24.8. The summed E-state index contributed by atoms with van der Waals surface area (Å²) in [5, 5.41) is 21.3. The Hall–Kier alpha value is -3.99. The summed E-state index contributed by atoms with van der Waals surface area (Å²) in [6.45, 7) is 10.1. The predicted molar refractivity (Wildman–Crippen MR) is 176 cm³/mol. The summed E-state index contributed by atoms with van der Waals surface area (Å²) in [4.78, 5) is 33.5. The van der Waals surface area contributed by atoms with Crippen molar-refractivity contribution >= 4 is 62.9 Å². The molecule has 0 aliphatic carbocycles. The number of aromatic nitrogens is 4. The number of fused-ring (bicyclic) bond motifs is 1. The first kappa shape index (κ1) is 30.1. The van der Waals surface area contributed by atoms with Gasteiger partial charge in [0, 0.05) is 17.0 Å². The van der Waals surface area contributed by atoms with Crippen LogP contribution >= 0.6 is 34.7 Å². The third-order valence-electron chi connectivity index (χ3n) is 7.76. The lowest BCUT2D eigenvalue weighted by molar-refractivity contribution is -0.132. The molecule has 2 aromatic carbocycles. The standard InChI is InChI=1S/C33H30ClN5O3S2/c1-18-9-8-16-38-19(2)25(35-29(18)38)27(40)24-26(20-12-14-22(15-13-20)33(3,4)5)39(30(42)28(24)41)31-36-37-32(44-31)43-17-21-10-6-7-11-23(21)34/h6-16,26,40H,17H2,1-5H3. The zero-order valence-corrected chi connectivity index (χ0v) is 27.2. The van der Waals surface area contributed by atoms with E-state index >= 15 is 0 Å². The van der Waals surface area contributed by atoms with Crippen molar-refractivity contribution in [3.05, 3.63) is 111 Å². The largest absolute Gasteiger partial charge is 0.505 e. The molecule has 44 heavy (non-hydrogen) atoms. The van der Waals surface area contributed by atoms with Crippen molar-refractivity contribution in [2.75, 3.05) is 4.90 Å². The average molecular weight is 644 g/mol. The van der Waals surface area contributed by atoms with E-state index in [1.807, 2.05) is 85.1 Å². The van der Waals surface area contributed by atoms with E-state index in [-0.39, 0.29) is 27.6 Å². The lowest BCUT2D eigenvalue weighted by Gasteiger charge is -2.24. The van der Waals surface area contributed by atoms with Crippen molar-refractivity contribution in [2.45, 2.75) is 56.2 Å². The van der Waals surface area contributed by atoms with Gasteiger partial charge in [0.05, 0.1) is 17.3 Å². The molecule has 1 unspecified atom stereocenters. The molecule has 6 rings (SSSR count). The molecule has 1 N–H and O–H groups in total. The van der Waals surface area contributed by atoms with Gasteiger partial charge >= 0.3 is 5.91 Å². The number of pyridine rings is 1. The molecule has 1 amide bonds. The van der Waals surface area contributed by atoms with Crippen LogP contribution in [0.25, 0.3) is 11.4 Å². The Balaban J connectivity index is 1.45. The maximum Gasteiger partial charge on any atom is 0.301 e. The number of hydrogen-bond donors (Lipinski definition) is 1. The number of hydrogen-bond acceptors (Lipinski definition) is 8. The lowest BCUT2D eigenvalue weighted by Crippen LogP contribution is -2.29. The minimum Gasteiger partial charge on any atom is -0.505 e. The van der Waals surface area contributed by atoms with Crippen molar-refractivity contribution in [2.24, 2.45) is 0 Å². The monoisotopic (exact) mass is 643 g/mol. The number of rotatable bonds is 6. The lowest BCUT2D eigenvalue weighted by atomic mass is 9.85. The van der Waals surface area contributed by atoms with Crippen LogP contribution in [0.1, 0.15) is 60.5 Å². The second-order valence-electron chi connectivity index (χ2n) is 11.7. The van der Waals surface area contributed by atoms with Crippen LogP contribution in [0, 0.1) is 13.8 Å². The van der Waals surface area contributed by atoms with E-state index in [0.717, 1.165) is 16.7 Å². The van der Waals surface area contributed by atoms with Crippen LogP contribution in [-0.4, -0.2) is 36.4 Å². The molecular weight excluding hydrogens is 614 g/mol. The highest BCUT2D eigenvalue weighted by molar-refractivity contribution is 8.00. The topological polar surface area (TPSA) is 101 Å². The Kier molecular flexibility index (Phi) is 7.85. The van der Waals surface area contributed by atoms with Gasteiger partial charge in [-0.25, -0.2) is 4.98 Å². The third kappa shape index (κ3) is 5.31. The highest BCUT2D eigenvalue weighted by atomic mass is 35.5. The second-order valence-corrected chi connectivity index (χ2v) is 14.3. The normalized spacial score (nSPS) is 16.8. The minimum absolute atomic E-state index is 0.0388. The molecule has 8 nitrogen and oxygen atoms in total. The predicted octanol–water partition coefficient (Wildman–Crippen LogP) is 7.67. The Labute approximate surface area is 268 Å². The number of anilines is 1. The molecule has 0 radical (unpaired) electrons. The van der Waals surface area contributed by atoms with E-state index in [9.17, 15) is 14.7 Å². The van der Waals surface area contributed by atoms with Gasteiger partial charge in [-0.3, -0.25) is 14.5 Å². The maximum atomic E-state index is 13.8. The van der Waals surface area contributed by atoms with Gasteiger partial charge < -0.3 is 9.51 Å². The number of aryl methyl sites for hydroxylation is 2. The van der Waals surface area contributed by atoms with E-state index in [4.69, 9.17) is 11.6 Å². The zero-order chi connectivity index (χ0) is 31.3. The van der Waals surface area contributed by atoms with Crippen molar-refractivity contribution in [3.8, 4) is 0 Å². The molecule has 1 aliphatic heterocycles. The molecule has 1 saturated heterocycles. The van der Waals surface area contributed by atoms with Crippen LogP contribution in [-0.2, 0) is 20.8 Å². The molecule has 0 saturated carbocycles. The van der Waals surface area contributed by atoms with Crippen LogP contribution < -0.4 is 4.90 Å². The fourth-order valence-corrected chi connectivity index (χ4v) is 7.45. The van der Waals surface area contributed by atoms with Crippen molar-refractivity contribution in [3.63, 3.8) is 0 Å². The van der Waals surface area contributed by atoms with E-state index in [0.29, 0.717) is 32.0 Å². The number of ketones is 1. The fraction of sp³-hybridized carbons (Fsp3) is 0.242. The summed E-state index contributed by atoms with van der Waals surface area (Å²) in [7, 11) is 0. The van der Waals surface area contributed by atoms with Gasteiger partial charge in [0.25, 0.3) is 5.78 Å². The van der Waals surface area contributed by atoms with Gasteiger partial charge in [-0.1, -0.05) is 104 Å². The van der Waals surface area contributed by atoms with Crippen LogP contribution in [0.2, 0.25) is 5.02 Å². The number of imidazole rings is 1. The van der Waals surface area contributed by atoms with E-state index in [1.54, 1.807) is 0 Å². The molecular formula is C33H30ClN5O3S2. The fourth-order valence-electron chi connectivity index (χ4n) is 5.30. The Morgan fingerprint density at radius 2 is 1.75 bits per heavy atom. The van der Waals surface area contributed by atoms with Crippen molar-refractivity contribution in [1.29, 1.82) is 0 Å². The summed E-state index contributed by atoms with van der Waals surface area (Å²) in [6, 6.07) is 18.2. The number of aliphatic hydroxyl groups excluding tert-OH is 1. The number of benzene rings is 2. The van der Waals surface area contributed by atoms with Crippen LogP contribution in [0.5, 0.6) is 0 Å². The Bertz CT molecular complexity index is 1960. The SMILES string of the molecule is Cc1cccn2c(C)c(C(O)=C3C(=O)C(=O)N(c4nnc(SCc5ccccc5Cl)s4)C3c3ccc(C(C)(C)C)cc3)nc12. The maximum absolute atomic E-state index is 13.8. The van der Waals surface area contributed by atoms with E-state index < -0.39 is 17.7 Å². The molecule has 3 aromatic heterocycles. The molecule has 1 aliphatic rings. The van der Waals surface area contributed by atoms with Gasteiger partial charge in [-0.15, -0.1) is 10.2 Å². The molecule has 11 heteroatoms. The number of carbonyl (C=O) groups excluding carboxylic acids is 2. The number of amides is 1. The molecule has 5 aromatic rings. The highest BCUT2D eigenvalue weighted by Gasteiger charge is 2.49. The number of aliphatic hydroxyl groups is 1. The minimum atomic E-state index is -0.927. The first-order chi connectivity index (χ1) is 21.0.